The van der Waals surface area contributed by atoms with Gasteiger partial charge in [-0.3, -0.25) is 0 Å². The third kappa shape index (κ3) is 5.32. The van der Waals surface area contributed by atoms with Gasteiger partial charge < -0.3 is 20.9 Å². The Kier molecular flexibility index (Phi) is 7.46. The van der Waals surface area contributed by atoms with E-state index in [-0.39, 0.29) is 36.2 Å². The van der Waals surface area contributed by atoms with Crippen molar-refractivity contribution >= 4 is 40.9 Å². The fourth-order valence-electron chi connectivity index (χ4n) is 4.27. The normalized spacial score (nSPS) is 18.7. The zero-order chi connectivity index (χ0) is 21.1. The van der Waals surface area contributed by atoms with E-state index in [0.717, 1.165) is 17.5 Å². The molecule has 1 fully saturated rings. The Morgan fingerprint density at radius 1 is 1.23 bits per heavy atom. The molecule has 3 unspecified atom stereocenters. The van der Waals surface area contributed by atoms with Gasteiger partial charge in [0.15, 0.2) is 0 Å². The van der Waals surface area contributed by atoms with Gasteiger partial charge >= 0.3 is 6.03 Å². The third-order valence-electron chi connectivity index (χ3n) is 6.04. The van der Waals surface area contributed by atoms with E-state index in [0.29, 0.717) is 19.4 Å². The molecule has 1 aliphatic heterocycles. The molecule has 2 heterocycles. The predicted octanol–water partition coefficient (Wildman–Crippen LogP) is 4.67. The van der Waals surface area contributed by atoms with E-state index in [9.17, 15) is 9.18 Å². The van der Waals surface area contributed by atoms with Crippen LogP contribution in [0.25, 0.3) is 10.9 Å². The lowest BCUT2D eigenvalue weighted by Gasteiger charge is -2.34. The number of H-pyrrole nitrogens is 1. The minimum Gasteiger partial charge on any atom is -0.361 e. The maximum Gasteiger partial charge on any atom is 0.315 e. The molecule has 3 atom stereocenters. The third-order valence-corrected chi connectivity index (χ3v) is 6.57. The van der Waals surface area contributed by atoms with Crippen LogP contribution in [0.4, 0.5) is 9.18 Å². The van der Waals surface area contributed by atoms with E-state index < -0.39 is 5.00 Å². The Morgan fingerprint density at radius 2 is 1.97 bits per heavy atom. The zero-order valence-corrected chi connectivity index (χ0v) is 18.8. The first-order valence-electron chi connectivity index (χ1n) is 10.2. The molecular formula is C23H27Cl2FN4O. The minimum atomic E-state index is -0.676. The first-order chi connectivity index (χ1) is 14.5. The van der Waals surface area contributed by atoms with E-state index in [4.69, 9.17) is 11.6 Å². The highest BCUT2D eigenvalue weighted by molar-refractivity contribution is 6.23. The molecule has 4 N–H and O–H groups in total. The Hall–Kier alpha value is -2.28. The SMILES string of the molecule is CNC(Cl)(CCc1c[nH]c2ccccc12)CC(c1ccc(F)cc1)C1CNC(=O)N1.Cl. The van der Waals surface area contributed by atoms with Crippen LogP contribution in [-0.2, 0) is 6.42 Å². The highest BCUT2D eigenvalue weighted by atomic mass is 35.5. The summed E-state index contributed by atoms with van der Waals surface area (Å²) in [6, 6.07) is 14.4. The molecule has 8 heteroatoms. The molecule has 0 radical (unpaired) electrons. The molecule has 31 heavy (non-hydrogen) atoms. The maximum absolute atomic E-state index is 13.5. The Labute approximate surface area is 192 Å². The number of para-hydroxylation sites is 1. The van der Waals surface area contributed by atoms with Crippen LogP contribution in [0.15, 0.2) is 54.7 Å². The maximum atomic E-state index is 13.5. The molecule has 0 spiro atoms. The molecule has 5 nitrogen and oxygen atoms in total. The van der Waals surface area contributed by atoms with E-state index in [2.05, 4.69) is 33.1 Å². The van der Waals surface area contributed by atoms with Gasteiger partial charge in [-0.05, 0) is 55.6 Å². The number of aryl methyl sites for hydroxylation is 1. The first-order valence-corrected chi connectivity index (χ1v) is 10.6. The predicted molar refractivity (Wildman–Crippen MR) is 126 cm³/mol. The summed E-state index contributed by atoms with van der Waals surface area (Å²) in [5.41, 5.74) is 3.29. The van der Waals surface area contributed by atoms with Gasteiger partial charge in [-0.15, -0.1) is 24.0 Å². The number of carbonyl (C=O) groups excluding carboxylic acids is 1. The highest BCUT2D eigenvalue weighted by Crippen LogP contribution is 2.35. The second-order valence-electron chi connectivity index (χ2n) is 7.90. The fourth-order valence-corrected chi connectivity index (χ4v) is 4.53. The van der Waals surface area contributed by atoms with Gasteiger partial charge in [0.05, 0.1) is 11.0 Å². The van der Waals surface area contributed by atoms with E-state index >= 15 is 0 Å². The number of halogens is 3. The smallest absolute Gasteiger partial charge is 0.315 e. The van der Waals surface area contributed by atoms with Crippen LogP contribution in [-0.4, -0.2) is 35.6 Å². The molecule has 0 bridgehead atoms. The summed E-state index contributed by atoms with van der Waals surface area (Å²) in [6.07, 6.45) is 4.14. The van der Waals surface area contributed by atoms with Crippen LogP contribution in [0, 0.1) is 5.82 Å². The van der Waals surface area contributed by atoms with Crippen LogP contribution in [0.5, 0.6) is 0 Å². The zero-order valence-electron chi connectivity index (χ0n) is 17.3. The summed E-state index contributed by atoms with van der Waals surface area (Å²) in [5, 5.41) is 10.3. The lowest BCUT2D eigenvalue weighted by atomic mass is 9.84. The van der Waals surface area contributed by atoms with Crippen molar-refractivity contribution in [2.75, 3.05) is 13.6 Å². The number of amides is 2. The van der Waals surface area contributed by atoms with Gasteiger partial charge in [-0.1, -0.05) is 30.3 Å². The lowest BCUT2D eigenvalue weighted by molar-refractivity contribution is 0.246. The molecule has 1 aliphatic rings. The molecule has 2 amide bonds. The van der Waals surface area contributed by atoms with Gasteiger partial charge in [0.25, 0.3) is 0 Å². The molecule has 2 aromatic carbocycles. The number of nitrogens with one attached hydrogen (secondary N) is 4. The van der Waals surface area contributed by atoms with Gasteiger partial charge in [-0.25, -0.2) is 9.18 Å². The van der Waals surface area contributed by atoms with Crippen molar-refractivity contribution in [3.05, 3.63) is 71.7 Å². The first kappa shape index (κ1) is 23.4. The summed E-state index contributed by atoms with van der Waals surface area (Å²) >= 11 is 7.05. The van der Waals surface area contributed by atoms with Gasteiger partial charge in [0.2, 0.25) is 0 Å². The van der Waals surface area contributed by atoms with Gasteiger partial charge in [-0.2, -0.15) is 0 Å². The van der Waals surface area contributed by atoms with Crippen molar-refractivity contribution in [2.24, 2.45) is 0 Å². The molecular weight excluding hydrogens is 438 g/mol. The average molecular weight is 465 g/mol. The second kappa shape index (κ2) is 9.90. The van der Waals surface area contributed by atoms with Crippen molar-refractivity contribution in [1.29, 1.82) is 0 Å². The second-order valence-corrected chi connectivity index (χ2v) is 8.62. The average Bonchev–Trinajstić information content (AvgIpc) is 3.37. The summed E-state index contributed by atoms with van der Waals surface area (Å²) in [7, 11) is 1.86. The van der Waals surface area contributed by atoms with Crippen LogP contribution >= 0.6 is 24.0 Å². The quantitative estimate of drug-likeness (QED) is 0.289. The number of aromatic nitrogens is 1. The van der Waals surface area contributed by atoms with Crippen LogP contribution < -0.4 is 16.0 Å². The number of rotatable bonds is 8. The summed E-state index contributed by atoms with van der Waals surface area (Å²) in [5.74, 6) is -0.339. The Bertz CT molecular complexity index is 1030. The molecule has 1 aromatic heterocycles. The van der Waals surface area contributed by atoms with E-state index in [1.807, 2.05) is 25.4 Å². The Balaban J connectivity index is 0.00000272. The number of urea groups is 1. The topological polar surface area (TPSA) is 69.0 Å². The number of hydrogen-bond acceptors (Lipinski definition) is 2. The fraction of sp³-hybridized carbons (Fsp3) is 0.348. The minimum absolute atomic E-state index is 0. The molecule has 166 valence electrons. The van der Waals surface area contributed by atoms with Crippen LogP contribution in [0.3, 0.4) is 0 Å². The van der Waals surface area contributed by atoms with Crippen molar-refractivity contribution in [2.45, 2.75) is 36.2 Å². The molecule has 1 saturated heterocycles. The summed E-state index contributed by atoms with van der Waals surface area (Å²) < 4.78 is 13.5. The van der Waals surface area contributed by atoms with Crippen LogP contribution in [0.2, 0.25) is 0 Å². The molecule has 4 rings (SSSR count). The molecule has 0 saturated carbocycles. The summed E-state index contributed by atoms with van der Waals surface area (Å²) in [6.45, 7) is 0.514. The van der Waals surface area contributed by atoms with Gasteiger partial charge in [0.1, 0.15) is 5.82 Å². The number of aromatic amines is 1. The summed E-state index contributed by atoms with van der Waals surface area (Å²) in [4.78, 5) is 14.4. The van der Waals surface area contributed by atoms with E-state index in [1.54, 1.807) is 12.1 Å². The van der Waals surface area contributed by atoms with Crippen molar-refractivity contribution < 1.29 is 9.18 Å². The monoisotopic (exact) mass is 464 g/mol. The number of carbonyl (C=O) groups is 1. The highest BCUT2D eigenvalue weighted by Gasteiger charge is 2.36. The standard InChI is InChI=1S/C23H26ClFN4O.ClH/c1-26-23(24,11-10-16-13-27-20-5-3-2-4-18(16)20)12-19(21-14-28-22(30)29-21)15-6-8-17(25)9-7-15;/h2-9,13,19,21,26-27H,10-12,14H2,1H3,(H2,28,29,30);1H. The molecule has 3 aromatic rings. The van der Waals surface area contributed by atoms with Crippen molar-refractivity contribution in [3.63, 3.8) is 0 Å². The van der Waals surface area contributed by atoms with Gasteiger partial charge in [0, 0.05) is 29.6 Å². The van der Waals surface area contributed by atoms with Crippen molar-refractivity contribution in [1.82, 2.24) is 20.9 Å². The number of hydrogen-bond donors (Lipinski definition) is 4. The number of alkyl halides is 1. The Morgan fingerprint density at radius 3 is 2.65 bits per heavy atom. The number of benzene rings is 2. The number of fused-ring (bicyclic) bond motifs is 1. The van der Waals surface area contributed by atoms with Crippen LogP contribution in [0.1, 0.15) is 29.9 Å². The van der Waals surface area contributed by atoms with Crippen molar-refractivity contribution in [3.8, 4) is 0 Å². The van der Waals surface area contributed by atoms with E-state index in [1.165, 1.54) is 23.1 Å². The lowest BCUT2D eigenvalue weighted by Crippen LogP contribution is -2.43. The largest absolute Gasteiger partial charge is 0.361 e. The molecule has 0 aliphatic carbocycles.